The number of hydrogen-bond donors (Lipinski definition) is 0. The van der Waals surface area contributed by atoms with E-state index in [2.05, 4.69) is 10.3 Å². The molecule has 2 aromatic rings. The first kappa shape index (κ1) is 23.2. The van der Waals surface area contributed by atoms with Gasteiger partial charge in [0.15, 0.2) is 5.71 Å². The molecule has 2 rings (SSSR count). The summed E-state index contributed by atoms with van der Waals surface area (Å²) in [4.78, 5) is 22.0. The summed E-state index contributed by atoms with van der Waals surface area (Å²) >= 11 is 5.92. The summed E-state index contributed by atoms with van der Waals surface area (Å²) in [6, 6.07) is 8.02. The molecule has 0 saturated carbocycles. The molecular weight excluding hydrogens is 425 g/mol. The van der Waals surface area contributed by atoms with Crippen LogP contribution >= 0.6 is 11.6 Å². The van der Waals surface area contributed by atoms with E-state index in [1.54, 1.807) is 25.1 Å². The highest BCUT2D eigenvalue weighted by Crippen LogP contribution is 2.31. The third-order valence-corrected chi connectivity index (χ3v) is 4.37. The maximum Gasteiger partial charge on any atom is 0.416 e. The van der Waals surface area contributed by atoms with Crippen LogP contribution in [0.3, 0.4) is 0 Å². The monoisotopic (exact) mass is 442 g/mol. The molecule has 0 amide bonds. The molecule has 0 N–H and O–H groups in total. The molecule has 0 unspecified atom stereocenters. The molecule has 0 fully saturated rings. The van der Waals surface area contributed by atoms with Crippen LogP contribution in [0.5, 0.6) is 0 Å². The predicted molar refractivity (Wildman–Crippen MR) is 106 cm³/mol. The topological polar surface area (TPSA) is 69.5 Å². The van der Waals surface area contributed by atoms with Gasteiger partial charge in [-0.1, -0.05) is 40.1 Å². The number of esters is 1. The fourth-order valence-corrected chi connectivity index (χ4v) is 2.68. The first-order chi connectivity index (χ1) is 14.2. The molecule has 0 spiro atoms. The summed E-state index contributed by atoms with van der Waals surface area (Å²) in [6.45, 7) is 1.70. The smallest absolute Gasteiger partial charge is 0.416 e. The largest absolute Gasteiger partial charge is 0.464 e. The van der Waals surface area contributed by atoms with Gasteiger partial charge in [-0.05, 0) is 30.7 Å². The van der Waals surface area contributed by atoms with Crippen molar-refractivity contribution in [2.75, 3.05) is 14.2 Å². The van der Waals surface area contributed by atoms with Crippen LogP contribution in [-0.2, 0) is 32.0 Å². The maximum absolute atomic E-state index is 12.9. The van der Waals surface area contributed by atoms with Crippen LogP contribution in [0.15, 0.2) is 46.7 Å². The number of hydrogen-bond acceptors (Lipinski definition) is 6. The van der Waals surface area contributed by atoms with Crippen LogP contribution in [0.2, 0.25) is 5.02 Å². The number of halogens is 4. The molecular formula is C20H18ClF3N2O4. The first-order valence-electron chi connectivity index (χ1n) is 8.49. The molecule has 0 bridgehead atoms. The maximum atomic E-state index is 12.9. The average molecular weight is 443 g/mol. The molecule has 2 aromatic carbocycles. The van der Waals surface area contributed by atoms with Gasteiger partial charge in [-0.15, -0.1) is 0 Å². The van der Waals surface area contributed by atoms with Crippen molar-refractivity contribution in [1.29, 1.82) is 0 Å². The van der Waals surface area contributed by atoms with E-state index in [1.807, 2.05) is 0 Å². The fraction of sp³-hybridized carbons (Fsp3) is 0.250. The van der Waals surface area contributed by atoms with Gasteiger partial charge in [0.05, 0.1) is 18.9 Å². The van der Waals surface area contributed by atoms with E-state index < -0.39 is 17.7 Å². The standard InChI is InChI=1S/C20H18ClF3N2O4/c1-12-5-4-6-15(18(26-29-3)19(27)28-2)16(12)11-30-25-10-13-9-14(20(22,23)24)7-8-17(13)21/h4-10H,11H2,1-3H3/b25-10+,26-18+. The van der Waals surface area contributed by atoms with Gasteiger partial charge < -0.3 is 14.4 Å². The molecule has 0 heterocycles. The average Bonchev–Trinajstić information content (AvgIpc) is 2.70. The highest BCUT2D eigenvalue weighted by atomic mass is 35.5. The number of alkyl halides is 3. The van der Waals surface area contributed by atoms with Crippen molar-refractivity contribution in [1.82, 2.24) is 0 Å². The van der Waals surface area contributed by atoms with Gasteiger partial charge in [-0.3, -0.25) is 0 Å². The fourth-order valence-electron chi connectivity index (χ4n) is 2.51. The van der Waals surface area contributed by atoms with Gasteiger partial charge in [-0.25, -0.2) is 4.79 Å². The van der Waals surface area contributed by atoms with E-state index in [1.165, 1.54) is 14.2 Å². The Hall–Kier alpha value is -3.07. The number of carbonyl (C=O) groups excluding carboxylic acids is 1. The summed E-state index contributed by atoms with van der Waals surface area (Å²) in [5.41, 5.74) is 0.891. The van der Waals surface area contributed by atoms with Crippen molar-refractivity contribution in [2.45, 2.75) is 19.7 Å². The van der Waals surface area contributed by atoms with Crippen molar-refractivity contribution in [2.24, 2.45) is 10.3 Å². The number of carbonyl (C=O) groups is 1. The van der Waals surface area contributed by atoms with E-state index in [4.69, 9.17) is 26.0 Å². The van der Waals surface area contributed by atoms with Gasteiger partial charge in [0.25, 0.3) is 0 Å². The van der Waals surface area contributed by atoms with Crippen LogP contribution in [0.1, 0.15) is 27.8 Å². The van der Waals surface area contributed by atoms with Gasteiger partial charge >= 0.3 is 12.1 Å². The summed E-state index contributed by atoms with van der Waals surface area (Å²) in [5, 5.41) is 7.51. The zero-order valence-corrected chi connectivity index (χ0v) is 17.0. The molecule has 0 aromatic heterocycles. The van der Waals surface area contributed by atoms with E-state index >= 15 is 0 Å². The highest BCUT2D eigenvalue weighted by molar-refractivity contribution is 6.43. The number of aryl methyl sites for hydroxylation is 1. The normalized spacial score (nSPS) is 12.2. The van der Waals surface area contributed by atoms with Crippen molar-refractivity contribution < 1.29 is 32.4 Å². The van der Waals surface area contributed by atoms with Gasteiger partial charge in [0, 0.05) is 21.7 Å². The van der Waals surface area contributed by atoms with Crippen molar-refractivity contribution >= 4 is 29.5 Å². The number of methoxy groups -OCH3 is 1. The minimum Gasteiger partial charge on any atom is -0.464 e. The van der Waals surface area contributed by atoms with E-state index in [-0.39, 0.29) is 22.9 Å². The van der Waals surface area contributed by atoms with Gasteiger partial charge in [-0.2, -0.15) is 13.2 Å². The Morgan fingerprint density at radius 2 is 1.93 bits per heavy atom. The third-order valence-electron chi connectivity index (χ3n) is 4.03. The molecule has 160 valence electrons. The Balaban J connectivity index is 2.25. The second kappa shape index (κ2) is 10.1. The Bertz CT molecular complexity index is 975. The van der Waals surface area contributed by atoms with Crippen LogP contribution in [0.25, 0.3) is 0 Å². The minimum atomic E-state index is -4.50. The molecule has 6 nitrogen and oxygen atoms in total. The molecule has 0 saturated heterocycles. The second-order valence-corrected chi connectivity index (χ2v) is 6.36. The third kappa shape index (κ3) is 5.73. The van der Waals surface area contributed by atoms with Crippen LogP contribution in [0, 0.1) is 6.92 Å². The minimum absolute atomic E-state index is 0.0488. The zero-order chi connectivity index (χ0) is 22.3. The number of rotatable bonds is 7. The van der Waals surface area contributed by atoms with Crippen LogP contribution < -0.4 is 0 Å². The van der Waals surface area contributed by atoms with E-state index in [0.29, 0.717) is 11.1 Å². The summed E-state index contributed by atoms with van der Waals surface area (Å²) in [7, 11) is 2.50. The number of ether oxygens (including phenoxy) is 1. The summed E-state index contributed by atoms with van der Waals surface area (Å²) in [5.74, 6) is -0.706. The molecule has 0 aliphatic carbocycles. The molecule has 0 aliphatic heterocycles. The molecule has 0 aliphatic rings. The van der Waals surface area contributed by atoms with E-state index in [9.17, 15) is 18.0 Å². The lowest BCUT2D eigenvalue weighted by molar-refractivity contribution is -0.137. The molecule has 10 heteroatoms. The lowest BCUT2D eigenvalue weighted by Gasteiger charge is -2.12. The molecule has 0 radical (unpaired) electrons. The second-order valence-electron chi connectivity index (χ2n) is 5.96. The van der Waals surface area contributed by atoms with Crippen LogP contribution in [-0.4, -0.2) is 32.1 Å². The Kier molecular flexibility index (Phi) is 7.82. The first-order valence-corrected chi connectivity index (χ1v) is 8.87. The summed E-state index contributed by atoms with van der Waals surface area (Å²) < 4.78 is 43.3. The number of oxime groups is 2. The predicted octanol–water partition coefficient (Wildman–Crippen LogP) is 4.74. The Morgan fingerprint density at radius 1 is 1.20 bits per heavy atom. The highest BCUT2D eigenvalue weighted by Gasteiger charge is 2.30. The SMILES string of the molecule is CO/N=C(/C(=O)OC)c1cccc(C)c1CO/N=C/c1cc(C(F)(F)F)ccc1Cl. The number of nitrogens with zero attached hydrogens (tertiary/aromatic N) is 2. The summed E-state index contributed by atoms with van der Waals surface area (Å²) in [6.07, 6.45) is -3.42. The zero-order valence-electron chi connectivity index (χ0n) is 16.3. The van der Waals surface area contributed by atoms with Crippen molar-refractivity contribution in [3.63, 3.8) is 0 Å². The quantitative estimate of drug-likeness (QED) is 0.353. The Morgan fingerprint density at radius 3 is 2.57 bits per heavy atom. The van der Waals surface area contributed by atoms with Crippen molar-refractivity contribution in [3.8, 4) is 0 Å². The Labute approximate surface area is 175 Å². The van der Waals surface area contributed by atoms with Gasteiger partial charge in [0.2, 0.25) is 0 Å². The lowest BCUT2D eigenvalue weighted by Crippen LogP contribution is -2.20. The van der Waals surface area contributed by atoms with Gasteiger partial charge in [0.1, 0.15) is 13.7 Å². The molecule has 0 atom stereocenters. The van der Waals surface area contributed by atoms with Crippen LogP contribution in [0.4, 0.5) is 13.2 Å². The number of benzene rings is 2. The molecule has 30 heavy (non-hydrogen) atoms. The van der Waals surface area contributed by atoms with E-state index in [0.717, 1.165) is 30.0 Å². The van der Waals surface area contributed by atoms with Crippen molar-refractivity contribution in [3.05, 3.63) is 69.2 Å². The lowest BCUT2D eigenvalue weighted by atomic mass is 9.99.